The average molecular weight is 179 g/mol. The van der Waals surface area contributed by atoms with Gasteiger partial charge < -0.3 is 5.73 Å². The van der Waals surface area contributed by atoms with Gasteiger partial charge in [0.2, 0.25) is 0 Å². The number of hydrogen-bond acceptors (Lipinski definition) is 2. The molecule has 0 aliphatic heterocycles. The molecule has 1 fully saturated rings. The van der Waals surface area contributed by atoms with Crippen LogP contribution in [0.25, 0.3) is 0 Å². The van der Waals surface area contributed by atoms with E-state index in [0.717, 1.165) is 12.1 Å². The maximum atomic E-state index is 5.89. The van der Waals surface area contributed by atoms with Crippen LogP contribution in [-0.4, -0.2) is 9.78 Å². The van der Waals surface area contributed by atoms with Crippen molar-refractivity contribution in [2.45, 2.75) is 45.1 Å². The smallest absolute Gasteiger partial charge is 0.0736 e. The Hall–Kier alpha value is -0.990. The molecule has 0 saturated heterocycles. The standard InChI is InChI=1S/C10H17N3/c1-3-7(2)13-10(8-4-5-8)9(11)6-12-13/h6-8H,3-5,11H2,1-2H3/t7-/m0/s1. The van der Waals surface area contributed by atoms with Gasteiger partial charge in [-0.05, 0) is 26.2 Å². The second kappa shape index (κ2) is 3.05. The summed E-state index contributed by atoms with van der Waals surface area (Å²) in [6.45, 7) is 4.37. The van der Waals surface area contributed by atoms with Crippen LogP contribution in [0.15, 0.2) is 6.20 Å². The van der Waals surface area contributed by atoms with Gasteiger partial charge in [0.05, 0.1) is 17.6 Å². The molecule has 2 N–H and O–H groups in total. The Balaban J connectivity index is 2.33. The lowest BCUT2D eigenvalue weighted by atomic mass is 10.2. The minimum Gasteiger partial charge on any atom is -0.396 e. The van der Waals surface area contributed by atoms with E-state index in [0.29, 0.717) is 12.0 Å². The second-order valence-electron chi connectivity index (χ2n) is 3.96. The zero-order chi connectivity index (χ0) is 9.42. The van der Waals surface area contributed by atoms with Gasteiger partial charge in [-0.15, -0.1) is 0 Å². The van der Waals surface area contributed by atoms with E-state index < -0.39 is 0 Å². The summed E-state index contributed by atoms with van der Waals surface area (Å²) < 4.78 is 2.10. The summed E-state index contributed by atoms with van der Waals surface area (Å²) in [6.07, 6.45) is 5.47. The van der Waals surface area contributed by atoms with Crippen molar-refractivity contribution < 1.29 is 0 Å². The van der Waals surface area contributed by atoms with Gasteiger partial charge in [0, 0.05) is 12.0 Å². The van der Waals surface area contributed by atoms with Crippen molar-refractivity contribution in [3.63, 3.8) is 0 Å². The summed E-state index contributed by atoms with van der Waals surface area (Å²) in [6, 6.07) is 0.480. The van der Waals surface area contributed by atoms with E-state index in [2.05, 4.69) is 23.6 Å². The summed E-state index contributed by atoms with van der Waals surface area (Å²) in [7, 11) is 0. The molecule has 0 bridgehead atoms. The maximum Gasteiger partial charge on any atom is 0.0736 e. The third-order valence-corrected chi connectivity index (χ3v) is 2.84. The Morgan fingerprint density at radius 3 is 2.92 bits per heavy atom. The quantitative estimate of drug-likeness (QED) is 0.773. The molecule has 1 heterocycles. The molecular formula is C10H17N3. The molecule has 0 radical (unpaired) electrons. The first-order valence-electron chi connectivity index (χ1n) is 5.07. The highest BCUT2D eigenvalue weighted by atomic mass is 15.3. The van der Waals surface area contributed by atoms with Crippen LogP contribution in [-0.2, 0) is 0 Å². The van der Waals surface area contributed by atoms with Crippen molar-refractivity contribution in [2.75, 3.05) is 5.73 Å². The van der Waals surface area contributed by atoms with Crippen LogP contribution in [0.5, 0.6) is 0 Å². The first-order valence-corrected chi connectivity index (χ1v) is 5.07. The minimum atomic E-state index is 0.480. The van der Waals surface area contributed by atoms with Gasteiger partial charge in [0.15, 0.2) is 0 Å². The molecule has 72 valence electrons. The van der Waals surface area contributed by atoms with Gasteiger partial charge in [-0.1, -0.05) is 6.92 Å². The number of hydrogen-bond donors (Lipinski definition) is 1. The van der Waals surface area contributed by atoms with Crippen molar-refractivity contribution in [1.82, 2.24) is 9.78 Å². The Kier molecular flexibility index (Phi) is 2.02. The molecular weight excluding hydrogens is 162 g/mol. The van der Waals surface area contributed by atoms with Crippen LogP contribution in [0.3, 0.4) is 0 Å². The molecule has 0 unspecified atom stereocenters. The Morgan fingerprint density at radius 2 is 2.38 bits per heavy atom. The van der Waals surface area contributed by atoms with Crippen LogP contribution in [0, 0.1) is 0 Å². The lowest BCUT2D eigenvalue weighted by molar-refractivity contribution is 0.461. The Labute approximate surface area is 78.9 Å². The molecule has 1 aromatic heterocycles. The van der Waals surface area contributed by atoms with Crippen molar-refractivity contribution in [3.05, 3.63) is 11.9 Å². The van der Waals surface area contributed by atoms with Crippen LogP contribution in [0.4, 0.5) is 5.69 Å². The van der Waals surface area contributed by atoms with Gasteiger partial charge in [0.25, 0.3) is 0 Å². The zero-order valence-electron chi connectivity index (χ0n) is 8.33. The number of nitrogen functional groups attached to an aromatic ring is 1. The van der Waals surface area contributed by atoms with Crippen molar-refractivity contribution in [1.29, 1.82) is 0 Å². The van der Waals surface area contributed by atoms with E-state index in [9.17, 15) is 0 Å². The highest BCUT2D eigenvalue weighted by Crippen LogP contribution is 2.43. The lowest BCUT2D eigenvalue weighted by Gasteiger charge is -2.13. The number of nitrogens with two attached hydrogens (primary N) is 1. The Morgan fingerprint density at radius 1 is 1.69 bits per heavy atom. The normalized spacial score (nSPS) is 18.9. The van der Waals surface area contributed by atoms with Crippen molar-refractivity contribution in [3.8, 4) is 0 Å². The summed E-state index contributed by atoms with van der Waals surface area (Å²) in [5.41, 5.74) is 8.04. The molecule has 3 nitrogen and oxygen atoms in total. The summed E-state index contributed by atoms with van der Waals surface area (Å²) >= 11 is 0. The minimum absolute atomic E-state index is 0.480. The largest absolute Gasteiger partial charge is 0.396 e. The fourth-order valence-electron chi connectivity index (χ4n) is 1.69. The molecule has 1 aromatic rings. The summed E-state index contributed by atoms with van der Waals surface area (Å²) in [5, 5.41) is 4.34. The van der Waals surface area contributed by atoms with Crippen molar-refractivity contribution in [2.24, 2.45) is 0 Å². The molecule has 1 atom stereocenters. The average Bonchev–Trinajstić information content (AvgIpc) is 2.89. The molecule has 3 heteroatoms. The fourth-order valence-corrected chi connectivity index (χ4v) is 1.69. The van der Waals surface area contributed by atoms with Crippen LogP contribution >= 0.6 is 0 Å². The highest BCUT2D eigenvalue weighted by molar-refractivity contribution is 5.45. The molecule has 1 aliphatic carbocycles. The highest BCUT2D eigenvalue weighted by Gasteiger charge is 2.30. The van der Waals surface area contributed by atoms with E-state index in [4.69, 9.17) is 5.73 Å². The SMILES string of the molecule is CC[C@H](C)n1ncc(N)c1C1CC1. The maximum absolute atomic E-state index is 5.89. The molecule has 0 spiro atoms. The van der Waals surface area contributed by atoms with Gasteiger partial charge in [-0.2, -0.15) is 5.10 Å². The van der Waals surface area contributed by atoms with E-state index in [1.807, 2.05) is 0 Å². The van der Waals surface area contributed by atoms with Crippen LogP contribution in [0.1, 0.15) is 50.8 Å². The lowest BCUT2D eigenvalue weighted by Crippen LogP contribution is -2.09. The number of anilines is 1. The van der Waals surface area contributed by atoms with Gasteiger partial charge >= 0.3 is 0 Å². The molecule has 1 aliphatic rings. The van der Waals surface area contributed by atoms with E-state index in [-0.39, 0.29) is 0 Å². The topological polar surface area (TPSA) is 43.8 Å². The predicted octanol–water partition coefficient (Wildman–Crippen LogP) is 2.31. The first kappa shape index (κ1) is 8.60. The number of nitrogens with zero attached hydrogens (tertiary/aromatic N) is 2. The fraction of sp³-hybridized carbons (Fsp3) is 0.700. The van der Waals surface area contributed by atoms with E-state index in [1.165, 1.54) is 18.5 Å². The van der Waals surface area contributed by atoms with Gasteiger partial charge in [-0.3, -0.25) is 4.68 Å². The molecule has 0 aromatic carbocycles. The van der Waals surface area contributed by atoms with Gasteiger partial charge in [-0.25, -0.2) is 0 Å². The second-order valence-corrected chi connectivity index (χ2v) is 3.96. The first-order chi connectivity index (χ1) is 6.24. The summed E-state index contributed by atoms with van der Waals surface area (Å²) in [4.78, 5) is 0. The summed E-state index contributed by atoms with van der Waals surface area (Å²) in [5.74, 6) is 0.691. The molecule has 2 rings (SSSR count). The Bertz CT molecular complexity index is 299. The third-order valence-electron chi connectivity index (χ3n) is 2.84. The van der Waals surface area contributed by atoms with Crippen molar-refractivity contribution >= 4 is 5.69 Å². The predicted molar refractivity (Wildman–Crippen MR) is 53.6 cm³/mol. The van der Waals surface area contributed by atoms with Crippen LogP contribution in [0.2, 0.25) is 0 Å². The van der Waals surface area contributed by atoms with E-state index in [1.54, 1.807) is 6.20 Å². The van der Waals surface area contributed by atoms with Crippen LogP contribution < -0.4 is 5.73 Å². The number of aromatic nitrogens is 2. The zero-order valence-corrected chi connectivity index (χ0v) is 8.33. The monoisotopic (exact) mass is 179 g/mol. The third kappa shape index (κ3) is 1.43. The molecule has 1 saturated carbocycles. The molecule has 13 heavy (non-hydrogen) atoms. The number of rotatable bonds is 3. The van der Waals surface area contributed by atoms with Gasteiger partial charge in [0.1, 0.15) is 0 Å². The van der Waals surface area contributed by atoms with E-state index >= 15 is 0 Å². The molecule has 0 amide bonds.